The summed E-state index contributed by atoms with van der Waals surface area (Å²) < 4.78 is 72.9. The summed E-state index contributed by atoms with van der Waals surface area (Å²) in [6.07, 6.45) is -5.19. The molecule has 4 aromatic rings. The van der Waals surface area contributed by atoms with Crippen molar-refractivity contribution >= 4 is 38.4 Å². The van der Waals surface area contributed by atoms with Crippen molar-refractivity contribution in [2.24, 2.45) is 0 Å². The summed E-state index contributed by atoms with van der Waals surface area (Å²) in [4.78, 5) is 17.4. The molecule has 0 saturated carbocycles. The Kier molecular flexibility index (Phi) is 5.92. The van der Waals surface area contributed by atoms with Crippen LogP contribution in [-0.4, -0.2) is 23.5 Å². The number of oxazole rings is 1. The largest absolute Gasteiger partial charge is 0.417 e. The van der Waals surface area contributed by atoms with Crippen LogP contribution >= 0.6 is 11.6 Å². The lowest BCUT2D eigenvalue weighted by Gasteiger charge is -2.17. The third-order valence-corrected chi connectivity index (χ3v) is 6.55. The molecule has 0 bridgehead atoms. The molecule has 1 atom stereocenters. The monoisotopic (exact) mass is 513 g/mol. The number of aliphatic hydroxyl groups is 1. The van der Waals surface area contributed by atoms with E-state index in [1.165, 1.54) is 25.1 Å². The number of alkyl halides is 3. The van der Waals surface area contributed by atoms with Gasteiger partial charge in [-0.15, -0.1) is 0 Å². The zero-order valence-electron chi connectivity index (χ0n) is 17.1. The Morgan fingerprint density at radius 1 is 1.21 bits per heavy atom. The lowest BCUT2D eigenvalue weighted by molar-refractivity contribution is -0.138. The highest BCUT2D eigenvalue weighted by Crippen LogP contribution is 2.35. The Morgan fingerprint density at radius 3 is 2.65 bits per heavy atom. The van der Waals surface area contributed by atoms with E-state index in [4.69, 9.17) is 16.0 Å². The number of hydrogen-bond acceptors (Lipinski definition) is 6. The SMILES string of the molecule is Cc1ccc(S(=O)(=O)Nc2cc(Cl)cnc2C(O)c2cccc3[nH]c(=O)oc23)cc1C(F)(F)F. The number of fused-ring (bicyclic) bond motifs is 1. The van der Waals surface area contributed by atoms with Crippen LogP contribution in [0.3, 0.4) is 0 Å². The number of nitrogens with one attached hydrogen (secondary N) is 2. The first-order chi connectivity index (χ1) is 15.9. The smallest absolute Gasteiger partial charge is 0.407 e. The van der Waals surface area contributed by atoms with Gasteiger partial charge >= 0.3 is 11.9 Å². The third-order valence-electron chi connectivity index (χ3n) is 4.98. The highest BCUT2D eigenvalue weighted by Gasteiger charge is 2.34. The van der Waals surface area contributed by atoms with Gasteiger partial charge in [-0.05, 0) is 36.8 Å². The van der Waals surface area contributed by atoms with Crippen LogP contribution in [0, 0.1) is 6.92 Å². The molecule has 0 radical (unpaired) electrons. The van der Waals surface area contributed by atoms with Crippen molar-refractivity contribution in [3.8, 4) is 0 Å². The maximum atomic E-state index is 13.3. The van der Waals surface area contributed by atoms with Crippen LogP contribution in [0.4, 0.5) is 18.9 Å². The van der Waals surface area contributed by atoms with Gasteiger partial charge in [0.2, 0.25) is 0 Å². The van der Waals surface area contributed by atoms with Gasteiger partial charge < -0.3 is 9.52 Å². The van der Waals surface area contributed by atoms with Crippen LogP contribution in [0.5, 0.6) is 0 Å². The number of aliphatic hydroxyl groups excluding tert-OH is 1. The number of aromatic nitrogens is 2. The molecule has 0 aliphatic carbocycles. The van der Waals surface area contributed by atoms with Crippen molar-refractivity contribution in [2.75, 3.05) is 4.72 Å². The number of anilines is 1. The van der Waals surface area contributed by atoms with E-state index in [9.17, 15) is 31.5 Å². The van der Waals surface area contributed by atoms with Crippen molar-refractivity contribution in [1.29, 1.82) is 0 Å². The normalized spacial score (nSPS) is 13.2. The van der Waals surface area contributed by atoms with Crippen molar-refractivity contribution in [3.63, 3.8) is 0 Å². The predicted molar refractivity (Wildman–Crippen MR) is 117 cm³/mol. The molecule has 4 rings (SSSR count). The second kappa shape index (κ2) is 8.46. The molecule has 0 aliphatic rings. The molecule has 34 heavy (non-hydrogen) atoms. The third kappa shape index (κ3) is 4.52. The molecule has 0 aliphatic heterocycles. The molecule has 8 nitrogen and oxygen atoms in total. The molecule has 0 saturated heterocycles. The summed E-state index contributed by atoms with van der Waals surface area (Å²) in [5.74, 6) is -0.764. The molecular weight excluding hydrogens is 499 g/mol. The van der Waals surface area contributed by atoms with E-state index in [-0.39, 0.29) is 38.6 Å². The highest BCUT2D eigenvalue weighted by molar-refractivity contribution is 7.92. The number of rotatable bonds is 5. The molecule has 178 valence electrons. The van der Waals surface area contributed by atoms with Crippen molar-refractivity contribution in [1.82, 2.24) is 9.97 Å². The minimum atomic E-state index is -4.76. The molecule has 2 aromatic heterocycles. The summed E-state index contributed by atoms with van der Waals surface area (Å²) >= 11 is 5.95. The Morgan fingerprint density at radius 2 is 1.94 bits per heavy atom. The predicted octanol–water partition coefficient (Wildman–Crippen LogP) is 4.38. The van der Waals surface area contributed by atoms with Crippen LogP contribution < -0.4 is 10.5 Å². The van der Waals surface area contributed by atoms with Gasteiger partial charge in [0, 0.05) is 11.8 Å². The first-order valence-corrected chi connectivity index (χ1v) is 11.4. The van der Waals surface area contributed by atoms with Crippen LogP contribution in [0.15, 0.2) is 62.8 Å². The standard InChI is InChI=1S/C21H15ClF3N3O5S/c1-10-5-6-12(8-14(10)21(23,24)25)34(31,32)28-16-7-11(22)9-26-17(16)18(29)13-3-2-4-15-19(13)33-20(30)27-15/h2-9,18,28-29H,1H3,(H,27,30). The average molecular weight is 514 g/mol. The maximum Gasteiger partial charge on any atom is 0.417 e. The summed E-state index contributed by atoms with van der Waals surface area (Å²) in [5, 5.41) is 11.0. The zero-order valence-corrected chi connectivity index (χ0v) is 18.7. The van der Waals surface area contributed by atoms with Gasteiger partial charge in [-0.25, -0.2) is 13.2 Å². The van der Waals surface area contributed by atoms with Gasteiger partial charge in [0.1, 0.15) is 6.10 Å². The quantitative estimate of drug-likeness (QED) is 0.364. The van der Waals surface area contributed by atoms with Crippen molar-refractivity contribution in [2.45, 2.75) is 24.1 Å². The molecule has 0 fully saturated rings. The minimum absolute atomic E-state index is 0.0000725. The molecule has 0 spiro atoms. The molecule has 13 heteroatoms. The molecular formula is C21H15ClF3N3O5S. The average Bonchev–Trinajstić information content (AvgIpc) is 3.12. The number of hydrogen-bond donors (Lipinski definition) is 3. The van der Waals surface area contributed by atoms with Gasteiger partial charge in [0.25, 0.3) is 10.0 Å². The van der Waals surface area contributed by atoms with E-state index in [1.54, 1.807) is 0 Å². The van der Waals surface area contributed by atoms with E-state index in [1.807, 2.05) is 0 Å². The van der Waals surface area contributed by atoms with Crippen LogP contribution in [-0.2, 0) is 16.2 Å². The number of para-hydroxylation sites is 1. The van der Waals surface area contributed by atoms with Gasteiger partial charge in [-0.1, -0.05) is 29.8 Å². The van der Waals surface area contributed by atoms with Crippen LogP contribution in [0.25, 0.3) is 11.1 Å². The molecule has 2 aromatic carbocycles. The Bertz CT molecular complexity index is 1560. The number of nitrogens with zero attached hydrogens (tertiary/aromatic N) is 1. The topological polar surface area (TPSA) is 125 Å². The molecule has 1 unspecified atom stereocenters. The number of sulfonamides is 1. The van der Waals surface area contributed by atoms with Crippen LogP contribution in [0.2, 0.25) is 5.02 Å². The van der Waals surface area contributed by atoms with Crippen LogP contribution in [0.1, 0.15) is 28.5 Å². The summed E-state index contributed by atoms with van der Waals surface area (Å²) in [6, 6.07) is 8.22. The Hall–Kier alpha value is -3.35. The Balaban J connectivity index is 1.78. The number of pyridine rings is 1. The fraction of sp³-hybridized carbons (Fsp3) is 0.143. The summed E-state index contributed by atoms with van der Waals surface area (Å²) in [7, 11) is -4.55. The number of aryl methyl sites for hydroxylation is 1. The fourth-order valence-corrected chi connectivity index (χ4v) is 4.63. The lowest BCUT2D eigenvalue weighted by atomic mass is 10.0. The van der Waals surface area contributed by atoms with Crippen molar-refractivity contribution in [3.05, 3.63) is 86.6 Å². The first kappa shape index (κ1) is 23.8. The minimum Gasteiger partial charge on any atom is -0.407 e. The second-order valence-corrected chi connectivity index (χ2v) is 9.43. The molecule has 2 heterocycles. The van der Waals surface area contributed by atoms with Gasteiger partial charge in [0.15, 0.2) is 5.58 Å². The van der Waals surface area contributed by atoms with E-state index < -0.39 is 38.5 Å². The summed E-state index contributed by atoms with van der Waals surface area (Å²) in [5.41, 5.74) is -1.32. The highest BCUT2D eigenvalue weighted by atomic mass is 35.5. The zero-order chi connectivity index (χ0) is 24.8. The second-order valence-electron chi connectivity index (χ2n) is 7.31. The lowest BCUT2D eigenvalue weighted by Crippen LogP contribution is -2.18. The maximum absolute atomic E-state index is 13.3. The van der Waals surface area contributed by atoms with E-state index in [0.29, 0.717) is 6.07 Å². The Labute approximate surface area is 195 Å². The number of benzene rings is 2. The van der Waals surface area contributed by atoms with Crippen molar-refractivity contribution < 1.29 is 31.1 Å². The van der Waals surface area contributed by atoms with Gasteiger partial charge in [-0.3, -0.25) is 14.7 Å². The first-order valence-electron chi connectivity index (χ1n) is 9.53. The van der Waals surface area contributed by atoms with Gasteiger partial charge in [-0.2, -0.15) is 13.2 Å². The fourth-order valence-electron chi connectivity index (χ4n) is 3.38. The van der Waals surface area contributed by atoms with Gasteiger partial charge in [0.05, 0.1) is 32.4 Å². The number of halogens is 4. The molecule has 0 amide bonds. The van der Waals surface area contributed by atoms with E-state index >= 15 is 0 Å². The summed E-state index contributed by atoms with van der Waals surface area (Å²) in [6.45, 7) is 1.21. The van der Waals surface area contributed by atoms with E-state index in [2.05, 4.69) is 14.7 Å². The number of aromatic amines is 1. The van der Waals surface area contributed by atoms with E-state index in [0.717, 1.165) is 24.4 Å². The number of H-pyrrole nitrogens is 1. The molecule has 3 N–H and O–H groups in total.